The summed E-state index contributed by atoms with van der Waals surface area (Å²) in [7, 11) is 1.43. The maximum absolute atomic E-state index is 12.8. The molecule has 1 N–H and O–H groups in total. The molecule has 31 heavy (non-hydrogen) atoms. The van der Waals surface area contributed by atoms with Crippen molar-refractivity contribution >= 4 is 52.9 Å². The normalized spacial score (nSPS) is 25.2. The van der Waals surface area contributed by atoms with Gasteiger partial charge in [0.15, 0.2) is 5.78 Å². The molecular weight excluding hydrogens is 452 g/mol. The number of thioether (sulfide) groups is 1. The predicted octanol–water partition coefficient (Wildman–Crippen LogP) is 0.307. The molecule has 0 aromatic heterocycles. The number of carbonyl (C=O) groups excluding carboxylic acids is 5. The number of Topliss-reactive ketones (excluding diaryl/α,β-unsaturated/α-hetero) is 1. The van der Waals surface area contributed by atoms with Crippen LogP contribution in [0.4, 0.5) is 0 Å². The number of ether oxygens (including phenoxy) is 3. The highest BCUT2D eigenvalue weighted by molar-refractivity contribution is 8.00. The van der Waals surface area contributed by atoms with Crippen molar-refractivity contribution < 1.29 is 38.2 Å². The van der Waals surface area contributed by atoms with Crippen molar-refractivity contribution in [2.24, 2.45) is 10.8 Å². The largest absolute Gasteiger partial charge is 0.427 e. The Morgan fingerprint density at radius 2 is 1.94 bits per heavy atom. The monoisotopic (exact) mass is 478 g/mol. The maximum atomic E-state index is 12.8. The average Bonchev–Trinajstić information content (AvgIpc) is 2.71. The number of carbonyl (C=O) groups is 5. The van der Waals surface area contributed by atoms with Crippen molar-refractivity contribution in [1.82, 2.24) is 10.2 Å². The average molecular weight is 479 g/mol. The SMILES string of the molecule is COCC1(C(=O)OCOC(=O)C(C)(C)C)CS[C@@H]2C(NC(=O)CC(=O)CCl)C(=O)N2C1. The molecule has 10 nitrogen and oxygen atoms in total. The lowest BCUT2D eigenvalue weighted by Gasteiger charge is -2.53. The Hall–Kier alpha value is -1.85. The van der Waals surface area contributed by atoms with Gasteiger partial charge in [-0.2, -0.15) is 0 Å². The zero-order valence-corrected chi connectivity index (χ0v) is 19.5. The molecule has 2 heterocycles. The van der Waals surface area contributed by atoms with Crippen LogP contribution >= 0.6 is 23.4 Å². The second-order valence-electron chi connectivity index (χ2n) is 8.51. The molecule has 12 heteroatoms. The van der Waals surface area contributed by atoms with Gasteiger partial charge in [-0.15, -0.1) is 23.4 Å². The summed E-state index contributed by atoms with van der Waals surface area (Å²) in [5, 5.41) is 2.18. The molecule has 0 aromatic carbocycles. The lowest BCUT2D eigenvalue weighted by atomic mass is 9.88. The van der Waals surface area contributed by atoms with E-state index in [0.717, 1.165) is 0 Å². The Morgan fingerprint density at radius 1 is 1.26 bits per heavy atom. The number of ketones is 1. The summed E-state index contributed by atoms with van der Waals surface area (Å²) in [4.78, 5) is 61.8. The first-order chi connectivity index (χ1) is 14.4. The van der Waals surface area contributed by atoms with Gasteiger partial charge < -0.3 is 24.4 Å². The Morgan fingerprint density at radius 3 is 2.52 bits per heavy atom. The number of hydrogen-bond donors (Lipinski definition) is 1. The molecule has 0 aliphatic carbocycles. The number of hydrogen-bond acceptors (Lipinski definition) is 9. The molecule has 3 atom stereocenters. The van der Waals surface area contributed by atoms with Crippen molar-refractivity contribution in [1.29, 1.82) is 0 Å². The number of nitrogens with zero attached hydrogens (tertiary/aromatic N) is 1. The Balaban J connectivity index is 1.96. The number of methoxy groups -OCH3 is 1. The fourth-order valence-corrected chi connectivity index (χ4v) is 4.74. The molecule has 2 fully saturated rings. The van der Waals surface area contributed by atoms with Crippen LogP contribution in [0.3, 0.4) is 0 Å². The Kier molecular flexibility index (Phi) is 8.34. The minimum atomic E-state index is -1.14. The first-order valence-corrected chi connectivity index (χ1v) is 11.2. The molecule has 0 bridgehead atoms. The smallest absolute Gasteiger partial charge is 0.319 e. The lowest BCUT2D eigenvalue weighted by molar-refractivity contribution is -0.183. The van der Waals surface area contributed by atoms with Crippen molar-refractivity contribution in [3.05, 3.63) is 0 Å². The standard InChI is InChI=1S/C19H27ClN2O8S/c1-18(2,3)16(26)29-10-30-17(27)19(8-28-4)7-22-14(25)13(15(22)31-9-19)21-12(24)5-11(23)6-20/h13,15H,5-10H2,1-4H3,(H,21,24)/t13?,15-,19?/m1/s1. The van der Waals surface area contributed by atoms with E-state index in [1.54, 1.807) is 20.8 Å². The molecule has 0 aromatic rings. The van der Waals surface area contributed by atoms with Gasteiger partial charge in [0.25, 0.3) is 0 Å². The van der Waals surface area contributed by atoms with Gasteiger partial charge in [0.1, 0.15) is 16.8 Å². The van der Waals surface area contributed by atoms with E-state index < -0.39 is 53.7 Å². The number of rotatable bonds is 9. The summed E-state index contributed by atoms with van der Waals surface area (Å²) < 4.78 is 15.3. The van der Waals surface area contributed by atoms with Gasteiger partial charge in [-0.25, -0.2) is 0 Å². The third-order valence-electron chi connectivity index (χ3n) is 4.81. The van der Waals surface area contributed by atoms with E-state index in [1.165, 1.54) is 23.8 Å². The van der Waals surface area contributed by atoms with Crippen LogP contribution in [0, 0.1) is 10.8 Å². The molecule has 2 saturated heterocycles. The fraction of sp³-hybridized carbons (Fsp3) is 0.737. The minimum Gasteiger partial charge on any atom is -0.427 e. The quantitative estimate of drug-likeness (QED) is 0.163. The topological polar surface area (TPSA) is 128 Å². The van der Waals surface area contributed by atoms with Gasteiger partial charge in [0, 0.05) is 19.4 Å². The highest BCUT2D eigenvalue weighted by atomic mass is 35.5. The second kappa shape index (κ2) is 10.2. The third kappa shape index (κ3) is 5.89. The van der Waals surface area contributed by atoms with Crippen molar-refractivity contribution in [2.45, 2.75) is 38.6 Å². The molecule has 0 saturated carbocycles. The number of β-lactam (4-membered cyclic amide) rings is 1. The van der Waals surface area contributed by atoms with Crippen LogP contribution in [-0.4, -0.2) is 84.5 Å². The van der Waals surface area contributed by atoms with Crippen LogP contribution in [0.25, 0.3) is 0 Å². The third-order valence-corrected chi connectivity index (χ3v) is 6.70. The summed E-state index contributed by atoms with van der Waals surface area (Å²) in [6.45, 7) is 4.54. The molecule has 2 aliphatic heterocycles. The molecule has 0 spiro atoms. The second-order valence-corrected chi connectivity index (χ2v) is 9.88. The van der Waals surface area contributed by atoms with Crippen LogP contribution < -0.4 is 5.32 Å². The molecule has 174 valence electrons. The maximum Gasteiger partial charge on any atom is 0.319 e. The van der Waals surface area contributed by atoms with E-state index in [2.05, 4.69) is 5.32 Å². The summed E-state index contributed by atoms with van der Waals surface area (Å²) in [6, 6.07) is -0.773. The van der Waals surface area contributed by atoms with Crippen LogP contribution in [0.2, 0.25) is 0 Å². The summed E-state index contributed by atoms with van der Waals surface area (Å²) in [5.74, 6) is -2.53. The van der Waals surface area contributed by atoms with Crippen LogP contribution in [0.1, 0.15) is 27.2 Å². The highest BCUT2D eigenvalue weighted by Gasteiger charge is 2.58. The minimum absolute atomic E-state index is 0.00377. The lowest BCUT2D eigenvalue weighted by Crippen LogP contribution is -2.74. The zero-order valence-electron chi connectivity index (χ0n) is 17.9. The van der Waals surface area contributed by atoms with Crippen LogP contribution in [0.5, 0.6) is 0 Å². The van der Waals surface area contributed by atoms with Gasteiger partial charge >= 0.3 is 11.9 Å². The number of halogens is 1. The highest BCUT2D eigenvalue weighted by Crippen LogP contribution is 2.42. The summed E-state index contributed by atoms with van der Waals surface area (Å²) >= 11 is 6.70. The Labute approximate surface area is 189 Å². The first-order valence-electron chi connectivity index (χ1n) is 9.57. The molecule has 2 rings (SSSR count). The Bertz CT molecular complexity index is 756. The van der Waals surface area contributed by atoms with E-state index in [9.17, 15) is 24.0 Å². The van der Waals surface area contributed by atoms with Gasteiger partial charge in [0.2, 0.25) is 18.6 Å². The van der Waals surface area contributed by atoms with Crippen molar-refractivity contribution in [2.75, 3.05) is 38.7 Å². The number of esters is 2. The summed E-state index contributed by atoms with van der Waals surface area (Å²) in [5.41, 5.74) is -1.87. The van der Waals surface area contributed by atoms with E-state index >= 15 is 0 Å². The predicted molar refractivity (Wildman–Crippen MR) is 111 cm³/mol. The molecule has 0 radical (unpaired) electrons. The zero-order chi connectivity index (χ0) is 23.4. The van der Waals surface area contributed by atoms with E-state index in [1.807, 2.05) is 0 Å². The van der Waals surface area contributed by atoms with E-state index in [-0.39, 0.29) is 36.1 Å². The van der Waals surface area contributed by atoms with Gasteiger partial charge in [0.05, 0.1) is 24.3 Å². The first kappa shape index (κ1) is 25.4. The van der Waals surface area contributed by atoms with Crippen LogP contribution in [0.15, 0.2) is 0 Å². The molecule has 2 amide bonds. The van der Waals surface area contributed by atoms with Gasteiger partial charge in [-0.05, 0) is 20.8 Å². The van der Waals surface area contributed by atoms with Crippen molar-refractivity contribution in [3.63, 3.8) is 0 Å². The molecule has 2 aliphatic rings. The van der Waals surface area contributed by atoms with Gasteiger partial charge in [-0.1, -0.05) is 0 Å². The summed E-state index contributed by atoms with van der Waals surface area (Å²) in [6.07, 6.45) is -0.391. The number of amides is 2. The molecular formula is C19H27ClN2O8S. The number of fused-ring (bicyclic) bond motifs is 1. The van der Waals surface area contributed by atoms with Crippen LogP contribution in [-0.2, 0) is 38.2 Å². The van der Waals surface area contributed by atoms with Crippen molar-refractivity contribution in [3.8, 4) is 0 Å². The number of nitrogens with one attached hydrogen (secondary N) is 1. The van der Waals surface area contributed by atoms with E-state index in [4.69, 9.17) is 25.8 Å². The number of alkyl halides is 1. The van der Waals surface area contributed by atoms with Gasteiger partial charge in [-0.3, -0.25) is 24.0 Å². The van der Waals surface area contributed by atoms with E-state index in [0.29, 0.717) is 0 Å². The molecule has 2 unspecified atom stereocenters. The fourth-order valence-electron chi connectivity index (χ4n) is 3.13.